The minimum absolute atomic E-state index is 0.207. The summed E-state index contributed by atoms with van der Waals surface area (Å²) in [5.41, 5.74) is 1.59. The standard InChI is InChI=1S/C25H28N2O4/c28-24-8-7-20(25(29)26-24)22-16-31-23-15-17-5-6-19(13-18(17)14-21(22)23)30-12-4-11-27-9-2-1-3-10-27/h5-6,13-16,20H,1-4,7-12H2,(H,26,28,29). The second-order valence-electron chi connectivity index (χ2n) is 8.66. The zero-order valence-corrected chi connectivity index (χ0v) is 17.7. The Bertz CT molecular complexity index is 1110. The van der Waals surface area contributed by atoms with Crippen LogP contribution in [0.2, 0.25) is 0 Å². The van der Waals surface area contributed by atoms with Gasteiger partial charge in [0.05, 0.1) is 18.8 Å². The number of carbonyl (C=O) groups excluding carboxylic acids is 2. The predicted octanol–water partition coefficient (Wildman–Crippen LogP) is 4.36. The van der Waals surface area contributed by atoms with Crippen molar-refractivity contribution < 1.29 is 18.7 Å². The van der Waals surface area contributed by atoms with Gasteiger partial charge < -0.3 is 14.1 Å². The number of rotatable bonds is 6. The van der Waals surface area contributed by atoms with E-state index >= 15 is 0 Å². The van der Waals surface area contributed by atoms with E-state index in [-0.39, 0.29) is 17.7 Å². The molecule has 1 unspecified atom stereocenters. The quantitative estimate of drug-likeness (QED) is 0.474. The van der Waals surface area contributed by atoms with Gasteiger partial charge in [0.1, 0.15) is 11.3 Å². The Hall–Kier alpha value is -2.86. The van der Waals surface area contributed by atoms with Crippen molar-refractivity contribution in [2.24, 2.45) is 0 Å². The Morgan fingerprint density at radius 2 is 1.94 bits per heavy atom. The molecule has 0 aliphatic carbocycles. The van der Waals surface area contributed by atoms with Crippen molar-refractivity contribution in [1.82, 2.24) is 10.2 Å². The first-order valence-corrected chi connectivity index (χ1v) is 11.3. The fraction of sp³-hybridized carbons (Fsp3) is 0.440. The van der Waals surface area contributed by atoms with Crippen LogP contribution in [-0.4, -0.2) is 43.0 Å². The second-order valence-corrected chi connectivity index (χ2v) is 8.66. The number of likely N-dealkylation sites (tertiary alicyclic amines) is 1. The average molecular weight is 421 g/mol. The summed E-state index contributed by atoms with van der Waals surface area (Å²) in [5, 5.41) is 5.48. The van der Waals surface area contributed by atoms with Crippen LogP contribution in [0.4, 0.5) is 0 Å². The maximum atomic E-state index is 12.3. The van der Waals surface area contributed by atoms with E-state index in [4.69, 9.17) is 9.15 Å². The minimum atomic E-state index is -0.356. The smallest absolute Gasteiger partial charge is 0.234 e. The highest BCUT2D eigenvalue weighted by molar-refractivity contribution is 6.04. The molecule has 0 saturated carbocycles. The summed E-state index contributed by atoms with van der Waals surface area (Å²) in [4.78, 5) is 26.3. The summed E-state index contributed by atoms with van der Waals surface area (Å²) in [5.74, 6) is 0.0496. The molecule has 31 heavy (non-hydrogen) atoms. The SMILES string of the molecule is O=C1CCC(c2coc3cc4ccc(OCCCN5CCCCC5)cc4cc23)C(=O)N1. The van der Waals surface area contributed by atoms with Gasteiger partial charge in [-0.15, -0.1) is 0 Å². The Kier molecular flexibility index (Phi) is 5.64. The van der Waals surface area contributed by atoms with Crippen molar-refractivity contribution in [1.29, 1.82) is 0 Å². The fourth-order valence-corrected chi connectivity index (χ4v) is 4.78. The molecule has 0 bridgehead atoms. The van der Waals surface area contributed by atoms with E-state index in [1.165, 1.54) is 32.4 Å². The molecular weight excluding hydrogens is 392 g/mol. The van der Waals surface area contributed by atoms with Gasteiger partial charge in [-0.2, -0.15) is 0 Å². The minimum Gasteiger partial charge on any atom is -0.494 e. The number of furan rings is 1. The third-order valence-corrected chi connectivity index (χ3v) is 6.48. The fourth-order valence-electron chi connectivity index (χ4n) is 4.78. The monoisotopic (exact) mass is 420 g/mol. The summed E-state index contributed by atoms with van der Waals surface area (Å²) in [6.07, 6.45) is 7.53. The third kappa shape index (κ3) is 4.30. The van der Waals surface area contributed by atoms with E-state index in [2.05, 4.69) is 22.3 Å². The summed E-state index contributed by atoms with van der Waals surface area (Å²) in [7, 11) is 0. The van der Waals surface area contributed by atoms with Crippen LogP contribution in [0.3, 0.4) is 0 Å². The number of carbonyl (C=O) groups is 2. The summed E-state index contributed by atoms with van der Waals surface area (Å²) < 4.78 is 11.8. The second kappa shape index (κ2) is 8.71. The van der Waals surface area contributed by atoms with E-state index in [0.29, 0.717) is 19.4 Å². The number of nitrogens with one attached hydrogen (secondary N) is 1. The highest BCUT2D eigenvalue weighted by Crippen LogP contribution is 2.35. The molecule has 2 saturated heterocycles. The Morgan fingerprint density at radius 1 is 1.06 bits per heavy atom. The molecule has 1 N–H and O–H groups in total. The van der Waals surface area contributed by atoms with E-state index in [9.17, 15) is 9.59 Å². The van der Waals surface area contributed by atoms with Crippen molar-refractivity contribution in [2.45, 2.75) is 44.4 Å². The first kappa shape index (κ1) is 20.1. The number of hydrogen-bond acceptors (Lipinski definition) is 5. The molecule has 2 aromatic carbocycles. The third-order valence-electron chi connectivity index (χ3n) is 6.48. The lowest BCUT2D eigenvalue weighted by Gasteiger charge is -2.26. The molecule has 162 valence electrons. The van der Waals surface area contributed by atoms with Crippen LogP contribution in [-0.2, 0) is 9.59 Å². The molecule has 2 fully saturated rings. The molecule has 2 aliphatic heterocycles. The van der Waals surface area contributed by atoms with Crippen molar-refractivity contribution in [2.75, 3.05) is 26.2 Å². The molecule has 0 spiro atoms. The van der Waals surface area contributed by atoms with E-state index in [0.717, 1.165) is 46.0 Å². The number of benzene rings is 2. The predicted molar refractivity (Wildman–Crippen MR) is 119 cm³/mol. The lowest BCUT2D eigenvalue weighted by Crippen LogP contribution is -2.39. The van der Waals surface area contributed by atoms with Crippen molar-refractivity contribution in [3.63, 3.8) is 0 Å². The molecule has 2 amide bonds. The van der Waals surface area contributed by atoms with Gasteiger partial charge in [0.2, 0.25) is 11.8 Å². The lowest BCUT2D eigenvalue weighted by atomic mass is 9.90. The molecular formula is C25H28N2O4. The van der Waals surface area contributed by atoms with Crippen LogP contribution >= 0.6 is 0 Å². The number of imide groups is 1. The summed E-state index contributed by atoms with van der Waals surface area (Å²) >= 11 is 0. The normalized spacial score (nSPS) is 20.3. The molecule has 3 heterocycles. The van der Waals surface area contributed by atoms with Crippen LogP contribution in [0, 0.1) is 0 Å². The highest BCUT2D eigenvalue weighted by Gasteiger charge is 2.30. The zero-order valence-electron chi connectivity index (χ0n) is 17.7. The first-order valence-electron chi connectivity index (χ1n) is 11.3. The van der Waals surface area contributed by atoms with Crippen molar-refractivity contribution in [3.05, 3.63) is 42.2 Å². The molecule has 0 radical (unpaired) electrons. The van der Waals surface area contributed by atoms with Gasteiger partial charge in [0, 0.05) is 23.9 Å². The summed E-state index contributed by atoms with van der Waals surface area (Å²) in [6.45, 7) is 4.23. The number of nitrogens with zero attached hydrogens (tertiary/aromatic N) is 1. The van der Waals surface area contributed by atoms with Gasteiger partial charge in [-0.25, -0.2) is 0 Å². The van der Waals surface area contributed by atoms with Crippen LogP contribution in [0.15, 0.2) is 41.0 Å². The summed E-state index contributed by atoms with van der Waals surface area (Å²) in [6, 6.07) is 10.2. The average Bonchev–Trinajstić information content (AvgIpc) is 3.18. The number of hydrogen-bond donors (Lipinski definition) is 1. The highest BCUT2D eigenvalue weighted by atomic mass is 16.5. The topological polar surface area (TPSA) is 71.8 Å². The molecule has 5 rings (SSSR count). The number of piperidine rings is 2. The van der Waals surface area contributed by atoms with Gasteiger partial charge in [-0.1, -0.05) is 12.5 Å². The lowest BCUT2D eigenvalue weighted by molar-refractivity contribution is -0.134. The number of fused-ring (bicyclic) bond motifs is 2. The molecule has 1 atom stereocenters. The van der Waals surface area contributed by atoms with Crippen LogP contribution in [0.5, 0.6) is 5.75 Å². The Balaban J connectivity index is 1.31. The number of ether oxygens (including phenoxy) is 1. The van der Waals surface area contributed by atoms with Crippen molar-refractivity contribution in [3.8, 4) is 5.75 Å². The number of amides is 2. The van der Waals surface area contributed by atoms with Gasteiger partial charge in [-0.05, 0) is 73.8 Å². The van der Waals surface area contributed by atoms with Crippen LogP contribution in [0.1, 0.15) is 50.0 Å². The maximum absolute atomic E-state index is 12.3. The molecule has 3 aromatic rings. The van der Waals surface area contributed by atoms with Gasteiger partial charge in [-0.3, -0.25) is 14.9 Å². The van der Waals surface area contributed by atoms with Crippen LogP contribution < -0.4 is 10.1 Å². The molecule has 2 aliphatic rings. The van der Waals surface area contributed by atoms with E-state index in [1.54, 1.807) is 6.26 Å². The van der Waals surface area contributed by atoms with Crippen molar-refractivity contribution >= 4 is 33.6 Å². The Morgan fingerprint density at radius 3 is 2.77 bits per heavy atom. The first-order chi connectivity index (χ1) is 15.2. The zero-order chi connectivity index (χ0) is 21.2. The van der Waals surface area contributed by atoms with Gasteiger partial charge >= 0.3 is 0 Å². The molecule has 6 heteroatoms. The molecule has 1 aromatic heterocycles. The van der Waals surface area contributed by atoms with Gasteiger partial charge in [0.25, 0.3) is 0 Å². The van der Waals surface area contributed by atoms with Gasteiger partial charge in [0.15, 0.2) is 0 Å². The van der Waals surface area contributed by atoms with E-state index in [1.807, 2.05) is 18.2 Å². The van der Waals surface area contributed by atoms with E-state index < -0.39 is 0 Å². The maximum Gasteiger partial charge on any atom is 0.234 e. The molecule has 6 nitrogen and oxygen atoms in total. The Labute approximate surface area is 181 Å². The van der Waals surface area contributed by atoms with Crippen LogP contribution in [0.25, 0.3) is 21.7 Å². The largest absolute Gasteiger partial charge is 0.494 e.